The predicted octanol–water partition coefficient (Wildman–Crippen LogP) is 5.45. The van der Waals surface area contributed by atoms with Gasteiger partial charge in [0.15, 0.2) is 5.60 Å². The van der Waals surface area contributed by atoms with Gasteiger partial charge >= 0.3 is 17.9 Å². The van der Waals surface area contributed by atoms with Gasteiger partial charge in [-0.1, -0.05) is 94.0 Å². The summed E-state index contributed by atoms with van der Waals surface area (Å²) in [6.07, 6.45) is 10.9. The van der Waals surface area contributed by atoms with Crippen LogP contribution < -0.4 is 5.32 Å². The van der Waals surface area contributed by atoms with Crippen LogP contribution in [-0.2, 0) is 40.4 Å². The molecular weight excluding hydrogens is 704 g/mol. The molecule has 0 saturated heterocycles. The van der Waals surface area contributed by atoms with Gasteiger partial charge < -0.3 is 25.7 Å². The molecule has 5 N–H and O–H groups in total. The summed E-state index contributed by atoms with van der Waals surface area (Å²) < 4.78 is 25.8. The maximum absolute atomic E-state index is 13.4. The number of sulfonamides is 1. The standard InChI is InChI=1S/C39H54N2O11S/c1-4-5-6-9-12-15-31(42)16-13-10-7-8-11-14-17-33(39(50,38(48)49)27-35(43)44)36(45)40-34(37(46)47)26-28-18-20-29(21-19-28)30-22-24-32(25-23-30)53(51,52)41(2)3/h14,17-25,33-34,50H,4-13,15-16,26-27H2,1-3H3,(H,40,45)(H,43,44)(H,46,47)(H,48,49)/b17-14+/t33-,34+,39+/m1/s1. The van der Waals surface area contributed by atoms with E-state index in [1.807, 2.05) is 0 Å². The average Bonchev–Trinajstić information content (AvgIpc) is 3.10. The summed E-state index contributed by atoms with van der Waals surface area (Å²) in [5.41, 5.74) is -1.15. The van der Waals surface area contributed by atoms with E-state index >= 15 is 0 Å². The number of nitrogens with one attached hydrogen (secondary N) is 1. The van der Waals surface area contributed by atoms with Crippen molar-refractivity contribution in [3.8, 4) is 11.1 Å². The third-order valence-corrected chi connectivity index (χ3v) is 10.9. The van der Waals surface area contributed by atoms with Crippen LogP contribution >= 0.6 is 0 Å². The Labute approximate surface area is 312 Å². The highest BCUT2D eigenvalue weighted by molar-refractivity contribution is 7.89. The second-order valence-corrected chi connectivity index (χ2v) is 15.6. The Morgan fingerprint density at radius 1 is 0.792 bits per heavy atom. The van der Waals surface area contributed by atoms with Gasteiger partial charge in [0, 0.05) is 33.4 Å². The number of allylic oxidation sites excluding steroid dienone is 1. The zero-order valence-electron chi connectivity index (χ0n) is 30.8. The Morgan fingerprint density at radius 3 is 1.81 bits per heavy atom. The van der Waals surface area contributed by atoms with Crippen LogP contribution in [0.3, 0.4) is 0 Å². The Morgan fingerprint density at radius 2 is 1.32 bits per heavy atom. The van der Waals surface area contributed by atoms with E-state index in [2.05, 4.69) is 12.2 Å². The van der Waals surface area contributed by atoms with Crippen molar-refractivity contribution >= 4 is 39.6 Å². The Kier molecular flexibility index (Phi) is 18.5. The van der Waals surface area contributed by atoms with Crippen LogP contribution in [0.1, 0.15) is 96.0 Å². The molecule has 53 heavy (non-hydrogen) atoms. The third-order valence-electron chi connectivity index (χ3n) is 9.03. The first kappa shape index (κ1) is 44.8. The van der Waals surface area contributed by atoms with Crippen LogP contribution in [0, 0.1) is 5.92 Å². The van der Waals surface area contributed by atoms with Gasteiger partial charge in [0.25, 0.3) is 0 Å². The summed E-state index contributed by atoms with van der Waals surface area (Å²) in [5.74, 6) is -7.89. The number of aliphatic hydroxyl groups is 1. The summed E-state index contributed by atoms with van der Waals surface area (Å²) in [4.78, 5) is 61.5. The fourth-order valence-electron chi connectivity index (χ4n) is 5.79. The molecule has 0 radical (unpaired) electrons. The predicted molar refractivity (Wildman–Crippen MR) is 200 cm³/mol. The van der Waals surface area contributed by atoms with Gasteiger partial charge in [-0.25, -0.2) is 22.3 Å². The van der Waals surface area contributed by atoms with Gasteiger partial charge in [-0.2, -0.15) is 0 Å². The number of unbranched alkanes of at least 4 members (excludes halogenated alkanes) is 8. The van der Waals surface area contributed by atoms with E-state index in [0.717, 1.165) is 55.3 Å². The molecule has 0 unspecified atom stereocenters. The number of rotatable bonds is 26. The Hall–Kier alpha value is -4.40. The lowest BCUT2D eigenvalue weighted by Gasteiger charge is -2.29. The molecule has 2 aromatic rings. The van der Waals surface area contributed by atoms with Gasteiger partial charge in [-0.05, 0) is 54.5 Å². The van der Waals surface area contributed by atoms with Crippen LogP contribution in [-0.4, -0.2) is 88.5 Å². The van der Waals surface area contributed by atoms with Crippen LogP contribution in [0.15, 0.2) is 65.6 Å². The molecular formula is C39H54N2O11S. The first-order chi connectivity index (χ1) is 25.0. The largest absolute Gasteiger partial charge is 0.481 e. The molecule has 14 heteroatoms. The number of Topliss-reactive ketones (excluding diaryl/α,β-unsaturated/α-hetero) is 1. The maximum atomic E-state index is 13.4. The fraction of sp³-hybridized carbons (Fsp3) is 0.513. The second-order valence-electron chi connectivity index (χ2n) is 13.5. The molecule has 1 amide bonds. The summed E-state index contributed by atoms with van der Waals surface area (Å²) in [6.45, 7) is 2.14. The number of carboxylic acids is 3. The van der Waals surface area contributed by atoms with Gasteiger partial charge in [0.05, 0.1) is 17.2 Å². The second kappa shape index (κ2) is 22.0. The summed E-state index contributed by atoms with van der Waals surface area (Å²) >= 11 is 0. The normalized spacial score (nSPS) is 14.1. The van der Waals surface area contributed by atoms with E-state index in [0.29, 0.717) is 42.4 Å². The van der Waals surface area contributed by atoms with Crippen LogP contribution in [0.5, 0.6) is 0 Å². The monoisotopic (exact) mass is 758 g/mol. The number of hydrogen-bond donors (Lipinski definition) is 5. The maximum Gasteiger partial charge on any atom is 0.337 e. The zero-order chi connectivity index (χ0) is 39.6. The number of nitrogens with zero attached hydrogens (tertiary/aromatic N) is 1. The Bertz CT molecular complexity index is 1650. The molecule has 13 nitrogen and oxygen atoms in total. The number of carboxylic acid groups (broad SMARTS) is 3. The number of carbonyl (C=O) groups excluding carboxylic acids is 2. The van der Waals surface area contributed by atoms with E-state index in [1.165, 1.54) is 38.7 Å². The van der Waals surface area contributed by atoms with E-state index in [1.54, 1.807) is 36.4 Å². The van der Waals surface area contributed by atoms with Gasteiger partial charge in [0.2, 0.25) is 15.9 Å². The molecule has 3 atom stereocenters. The minimum absolute atomic E-state index is 0.122. The molecule has 0 aliphatic carbocycles. The summed E-state index contributed by atoms with van der Waals surface area (Å²) in [7, 11) is -0.743. The van der Waals surface area contributed by atoms with E-state index < -0.39 is 57.8 Å². The van der Waals surface area contributed by atoms with E-state index in [4.69, 9.17) is 0 Å². The van der Waals surface area contributed by atoms with Gasteiger partial charge in [-0.15, -0.1) is 0 Å². The van der Waals surface area contributed by atoms with Crippen molar-refractivity contribution in [1.29, 1.82) is 0 Å². The van der Waals surface area contributed by atoms with E-state index in [-0.39, 0.29) is 17.1 Å². The van der Waals surface area contributed by atoms with Crippen molar-refractivity contribution in [2.24, 2.45) is 5.92 Å². The molecule has 0 heterocycles. The molecule has 0 fully saturated rings. The Balaban J connectivity index is 2.08. The number of carbonyl (C=O) groups is 5. The van der Waals surface area contributed by atoms with Crippen molar-refractivity contribution in [2.75, 3.05) is 14.1 Å². The van der Waals surface area contributed by atoms with Crippen molar-refractivity contribution in [3.63, 3.8) is 0 Å². The first-order valence-electron chi connectivity index (χ1n) is 18.0. The van der Waals surface area contributed by atoms with Crippen molar-refractivity contribution in [2.45, 2.75) is 113 Å². The van der Waals surface area contributed by atoms with Crippen LogP contribution in [0.4, 0.5) is 0 Å². The number of amides is 1. The molecule has 2 aromatic carbocycles. The highest BCUT2D eigenvalue weighted by Gasteiger charge is 2.49. The zero-order valence-corrected chi connectivity index (χ0v) is 31.6. The minimum Gasteiger partial charge on any atom is -0.481 e. The van der Waals surface area contributed by atoms with Crippen LogP contribution in [0.2, 0.25) is 0 Å². The van der Waals surface area contributed by atoms with Gasteiger partial charge in [-0.3, -0.25) is 14.4 Å². The quantitative estimate of drug-likeness (QED) is 0.0601. The van der Waals surface area contributed by atoms with Crippen molar-refractivity contribution in [3.05, 3.63) is 66.2 Å². The molecule has 0 bridgehead atoms. The number of aliphatic carboxylic acids is 3. The number of ketones is 1. The third kappa shape index (κ3) is 14.5. The molecule has 0 spiro atoms. The molecule has 292 valence electrons. The molecule has 0 aliphatic rings. The lowest BCUT2D eigenvalue weighted by atomic mass is 9.82. The van der Waals surface area contributed by atoms with Gasteiger partial charge in [0.1, 0.15) is 11.8 Å². The minimum atomic E-state index is -3.61. The lowest BCUT2D eigenvalue weighted by molar-refractivity contribution is -0.172. The average molecular weight is 759 g/mol. The lowest BCUT2D eigenvalue weighted by Crippen LogP contribution is -2.55. The molecule has 0 aliphatic heterocycles. The van der Waals surface area contributed by atoms with E-state index in [9.17, 15) is 52.8 Å². The fourth-order valence-corrected chi connectivity index (χ4v) is 6.70. The smallest absolute Gasteiger partial charge is 0.337 e. The number of benzene rings is 2. The first-order valence-corrected chi connectivity index (χ1v) is 19.5. The SMILES string of the molecule is CCCCCCCC(=O)CCCCCC/C=C/[C@H](C(=O)N[C@@H](Cc1ccc(-c2ccc(S(=O)(=O)N(C)C)cc2)cc1)C(=O)O)[C@@](O)(CC(=O)O)C(=O)O. The van der Waals surface area contributed by atoms with Crippen molar-refractivity contribution < 1.29 is 52.8 Å². The van der Waals surface area contributed by atoms with Crippen molar-refractivity contribution in [1.82, 2.24) is 9.62 Å². The highest BCUT2D eigenvalue weighted by atomic mass is 32.2. The topological polar surface area (TPSA) is 216 Å². The molecule has 0 saturated carbocycles. The molecule has 2 rings (SSSR count). The summed E-state index contributed by atoms with van der Waals surface area (Å²) in [6, 6.07) is 11.3. The summed E-state index contributed by atoms with van der Waals surface area (Å²) in [5, 5.41) is 42.4. The highest BCUT2D eigenvalue weighted by Crippen LogP contribution is 2.27. The van der Waals surface area contributed by atoms with Crippen LogP contribution in [0.25, 0.3) is 11.1 Å². The molecule has 0 aromatic heterocycles. The number of hydrogen-bond acceptors (Lipinski definition) is 8.